The van der Waals surface area contributed by atoms with Crippen molar-refractivity contribution in [2.75, 3.05) is 6.54 Å². The van der Waals surface area contributed by atoms with Gasteiger partial charge in [-0.2, -0.15) is 0 Å². The maximum Gasteiger partial charge on any atom is 0.261 e. The summed E-state index contributed by atoms with van der Waals surface area (Å²) < 4.78 is 26.5. The van der Waals surface area contributed by atoms with Crippen LogP contribution in [0.2, 0.25) is 0 Å². The lowest BCUT2D eigenvalue weighted by Crippen LogP contribution is -2.39. The highest BCUT2D eigenvalue weighted by molar-refractivity contribution is 7.12. The molecule has 1 atom stereocenters. The van der Waals surface area contributed by atoms with Crippen LogP contribution in [0.4, 0.5) is 8.78 Å². The average molecular weight is 297 g/mol. The summed E-state index contributed by atoms with van der Waals surface area (Å²) >= 11 is 1.27. The van der Waals surface area contributed by atoms with Gasteiger partial charge in [-0.05, 0) is 24.4 Å². The van der Waals surface area contributed by atoms with Crippen LogP contribution in [0.3, 0.4) is 0 Å². The van der Waals surface area contributed by atoms with Crippen LogP contribution in [-0.2, 0) is 5.60 Å². The molecule has 0 saturated heterocycles. The molecule has 20 heavy (non-hydrogen) atoms. The third-order valence-electron chi connectivity index (χ3n) is 2.85. The van der Waals surface area contributed by atoms with E-state index in [2.05, 4.69) is 5.32 Å². The molecule has 0 radical (unpaired) electrons. The van der Waals surface area contributed by atoms with Gasteiger partial charge in [0.15, 0.2) is 0 Å². The number of hydrogen-bond acceptors (Lipinski definition) is 3. The normalized spacial score (nSPS) is 13.8. The quantitative estimate of drug-likeness (QED) is 0.911. The summed E-state index contributed by atoms with van der Waals surface area (Å²) in [5.41, 5.74) is -1.68. The Labute approximate surface area is 118 Å². The zero-order valence-corrected chi connectivity index (χ0v) is 11.5. The molecule has 1 amide bonds. The standard InChI is InChI=1S/C14H13F2NO2S/c1-14(19,10-5-4-9(15)7-11(10)16)8-17-13(18)12-3-2-6-20-12/h2-7,19H,8H2,1H3,(H,17,18). The number of nitrogens with one attached hydrogen (secondary N) is 1. The van der Waals surface area contributed by atoms with Crippen molar-refractivity contribution >= 4 is 17.2 Å². The Balaban J connectivity index is 2.09. The number of carbonyl (C=O) groups is 1. The van der Waals surface area contributed by atoms with Gasteiger partial charge in [-0.25, -0.2) is 8.78 Å². The molecule has 0 aliphatic heterocycles. The van der Waals surface area contributed by atoms with E-state index in [0.29, 0.717) is 10.9 Å². The van der Waals surface area contributed by atoms with Gasteiger partial charge in [-0.15, -0.1) is 11.3 Å². The first-order valence-corrected chi connectivity index (χ1v) is 6.78. The van der Waals surface area contributed by atoms with Crippen LogP contribution in [-0.4, -0.2) is 17.6 Å². The molecule has 2 rings (SSSR count). The number of halogens is 2. The molecule has 1 unspecified atom stereocenters. The molecule has 3 nitrogen and oxygen atoms in total. The van der Waals surface area contributed by atoms with Gasteiger partial charge >= 0.3 is 0 Å². The minimum atomic E-state index is -1.62. The lowest BCUT2D eigenvalue weighted by molar-refractivity contribution is 0.0495. The number of hydrogen-bond donors (Lipinski definition) is 2. The van der Waals surface area contributed by atoms with Gasteiger partial charge in [-0.3, -0.25) is 4.79 Å². The summed E-state index contributed by atoms with van der Waals surface area (Å²) in [5.74, 6) is -1.91. The van der Waals surface area contributed by atoms with Crippen LogP contribution >= 0.6 is 11.3 Å². The molecular formula is C14H13F2NO2S. The van der Waals surface area contributed by atoms with E-state index in [1.54, 1.807) is 17.5 Å². The number of aliphatic hydroxyl groups is 1. The van der Waals surface area contributed by atoms with E-state index in [9.17, 15) is 18.7 Å². The Morgan fingerprint density at radius 1 is 1.40 bits per heavy atom. The van der Waals surface area contributed by atoms with Crippen LogP contribution in [0, 0.1) is 11.6 Å². The second-order valence-electron chi connectivity index (χ2n) is 4.56. The van der Waals surface area contributed by atoms with Gasteiger partial charge in [0, 0.05) is 11.6 Å². The molecule has 106 valence electrons. The smallest absolute Gasteiger partial charge is 0.261 e. The van der Waals surface area contributed by atoms with E-state index in [0.717, 1.165) is 6.07 Å². The summed E-state index contributed by atoms with van der Waals surface area (Å²) in [6.07, 6.45) is 0. The molecule has 0 saturated carbocycles. The Kier molecular flexibility index (Phi) is 4.15. The van der Waals surface area contributed by atoms with Crippen LogP contribution in [0.15, 0.2) is 35.7 Å². The first kappa shape index (κ1) is 14.6. The number of benzene rings is 1. The lowest BCUT2D eigenvalue weighted by atomic mass is 9.95. The van der Waals surface area contributed by atoms with Crippen molar-refractivity contribution in [3.8, 4) is 0 Å². The van der Waals surface area contributed by atoms with Gasteiger partial charge < -0.3 is 10.4 Å². The van der Waals surface area contributed by atoms with Crippen molar-refractivity contribution in [1.82, 2.24) is 5.32 Å². The van der Waals surface area contributed by atoms with Crippen molar-refractivity contribution < 1.29 is 18.7 Å². The molecule has 1 aromatic carbocycles. The molecule has 0 aliphatic rings. The second-order valence-corrected chi connectivity index (χ2v) is 5.51. The lowest BCUT2D eigenvalue weighted by Gasteiger charge is -2.24. The van der Waals surface area contributed by atoms with Crippen LogP contribution in [0.5, 0.6) is 0 Å². The van der Waals surface area contributed by atoms with E-state index >= 15 is 0 Å². The minimum absolute atomic E-state index is 0.0645. The van der Waals surface area contributed by atoms with Crippen molar-refractivity contribution in [3.63, 3.8) is 0 Å². The minimum Gasteiger partial charge on any atom is -0.383 e. The fraction of sp³-hybridized carbons (Fsp3) is 0.214. The highest BCUT2D eigenvalue weighted by atomic mass is 32.1. The van der Waals surface area contributed by atoms with Crippen molar-refractivity contribution in [2.24, 2.45) is 0 Å². The van der Waals surface area contributed by atoms with E-state index < -0.39 is 17.2 Å². The monoisotopic (exact) mass is 297 g/mol. The van der Waals surface area contributed by atoms with Crippen molar-refractivity contribution in [2.45, 2.75) is 12.5 Å². The van der Waals surface area contributed by atoms with E-state index in [4.69, 9.17) is 0 Å². The predicted molar refractivity (Wildman–Crippen MR) is 72.6 cm³/mol. The number of rotatable bonds is 4. The van der Waals surface area contributed by atoms with Gasteiger partial charge in [0.05, 0.1) is 11.4 Å². The summed E-state index contributed by atoms with van der Waals surface area (Å²) in [7, 11) is 0. The number of amides is 1. The highest BCUT2D eigenvalue weighted by Crippen LogP contribution is 2.23. The molecule has 0 bridgehead atoms. The zero-order valence-electron chi connectivity index (χ0n) is 10.7. The van der Waals surface area contributed by atoms with Gasteiger partial charge in [-0.1, -0.05) is 12.1 Å². The average Bonchev–Trinajstić information content (AvgIpc) is 2.89. The summed E-state index contributed by atoms with van der Waals surface area (Å²) in [4.78, 5) is 12.3. The highest BCUT2D eigenvalue weighted by Gasteiger charge is 2.27. The zero-order chi connectivity index (χ0) is 14.8. The maximum atomic E-state index is 13.6. The Morgan fingerprint density at radius 2 is 2.15 bits per heavy atom. The number of carbonyl (C=O) groups excluding carboxylic acids is 1. The van der Waals surface area contributed by atoms with E-state index in [1.807, 2.05) is 0 Å². The molecule has 0 aliphatic carbocycles. The van der Waals surface area contributed by atoms with Gasteiger partial charge in [0.25, 0.3) is 5.91 Å². The molecule has 0 fully saturated rings. The molecule has 0 spiro atoms. The molecule has 1 aromatic heterocycles. The van der Waals surface area contributed by atoms with Crippen LogP contribution in [0.1, 0.15) is 22.2 Å². The summed E-state index contributed by atoms with van der Waals surface area (Å²) in [6, 6.07) is 6.31. The van der Waals surface area contributed by atoms with Crippen LogP contribution in [0.25, 0.3) is 0 Å². The molecule has 2 N–H and O–H groups in total. The number of thiophene rings is 1. The van der Waals surface area contributed by atoms with Crippen molar-refractivity contribution in [1.29, 1.82) is 0 Å². The third-order valence-corrected chi connectivity index (χ3v) is 3.72. The summed E-state index contributed by atoms with van der Waals surface area (Å²) in [6.45, 7) is 1.18. The van der Waals surface area contributed by atoms with Gasteiger partial charge in [0.1, 0.15) is 17.2 Å². The fourth-order valence-electron chi connectivity index (χ4n) is 1.77. The van der Waals surface area contributed by atoms with Gasteiger partial charge in [0.2, 0.25) is 0 Å². The van der Waals surface area contributed by atoms with E-state index in [-0.39, 0.29) is 18.0 Å². The maximum absolute atomic E-state index is 13.6. The molecule has 6 heteroatoms. The molecular weight excluding hydrogens is 284 g/mol. The van der Waals surface area contributed by atoms with Crippen LogP contribution < -0.4 is 5.32 Å². The molecule has 1 heterocycles. The Morgan fingerprint density at radius 3 is 2.75 bits per heavy atom. The fourth-order valence-corrected chi connectivity index (χ4v) is 2.41. The largest absolute Gasteiger partial charge is 0.383 e. The first-order valence-electron chi connectivity index (χ1n) is 5.90. The third kappa shape index (κ3) is 3.20. The SMILES string of the molecule is CC(O)(CNC(=O)c1cccs1)c1ccc(F)cc1F. The van der Waals surface area contributed by atoms with Crippen molar-refractivity contribution in [3.05, 3.63) is 57.8 Å². The first-order chi connectivity index (χ1) is 9.40. The Hall–Kier alpha value is -1.79. The predicted octanol–water partition coefficient (Wildman–Crippen LogP) is 2.66. The summed E-state index contributed by atoms with van der Waals surface area (Å²) in [5, 5.41) is 14.5. The van der Waals surface area contributed by atoms with E-state index in [1.165, 1.54) is 24.3 Å². The topological polar surface area (TPSA) is 49.3 Å². The Bertz CT molecular complexity index is 612. The second kappa shape index (κ2) is 5.68. The molecule has 2 aromatic rings.